The Kier molecular flexibility index (Phi) is 4.47. The number of carbonyl (C=O) groups excluding carboxylic acids is 1. The molecule has 0 unspecified atom stereocenters. The van der Waals surface area contributed by atoms with Crippen LogP contribution in [0, 0.1) is 6.92 Å². The first kappa shape index (κ1) is 15.3. The summed E-state index contributed by atoms with van der Waals surface area (Å²) in [6.45, 7) is 2.17. The van der Waals surface area contributed by atoms with Crippen molar-refractivity contribution < 1.29 is 4.79 Å². The fraction of sp³-hybridized carbons (Fsp3) is 0.357. The van der Waals surface area contributed by atoms with E-state index in [0.29, 0.717) is 23.0 Å². The number of aromatic nitrogens is 3. The smallest absolute Gasteiger partial charge is 0.256 e. The first-order valence-corrected chi connectivity index (χ1v) is 6.87. The van der Waals surface area contributed by atoms with Crippen molar-refractivity contribution in [2.45, 2.75) is 13.5 Å². The Morgan fingerprint density at radius 1 is 1.48 bits per heavy atom. The molecule has 0 bridgehead atoms. The highest BCUT2D eigenvalue weighted by Crippen LogP contribution is 2.18. The van der Waals surface area contributed by atoms with E-state index in [1.165, 1.54) is 4.68 Å². The molecule has 1 N–H and O–H groups in total. The SMILES string of the molecule is Cc1nn(C)c(Cl)c1C(=O)NCc1ccnc(N(C)C)c1. The van der Waals surface area contributed by atoms with Crippen molar-refractivity contribution in [3.8, 4) is 0 Å². The highest BCUT2D eigenvalue weighted by atomic mass is 35.5. The topological polar surface area (TPSA) is 63.1 Å². The lowest BCUT2D eigenvalue weighted by atomic mass is 10.2. The van der Waals surface area contributed by atoms with Gasteiger partial charge in [0.2, 0.25) is 0 Å². The lowest BCUT2D eigenvalue weighted by Crippen LogP contribution is -2.23. The van der Waals surface area contributed by atoms with E-state index < -0.39 is 0 Å². The maximum absolute atomic E-state index is 12.2. The van der Waals surface area contributed by atoms with Gasteiger partial charge in [0.1, 0.15) is 11.0 Å². The third-order valence-electron chi connectivity index (χ3n) is 3.10. The van der Waals surface area contributed by atoms with Gasteiger partial charge in [0.25, 0.3) is 5.91 Å². The Bertz CT molecular complexity index is 665. The van der Waals surface area contributed by atoms with E-state index in [-0.39, 0.29) is 5.91 Å². The molecule has 0 aliphatic heterocycles. The molecule has 0 aliphatic rings. The van der Waals surface area contributed by atoms with Crippen molar-refractivity contribution in [2.75, 3.05) is 19.0 Å². The Morgan fingerprint density at radius 3 is 2.76 bits per heavy atom. The number of hydrogen-bond donors (Lipinski definition) is 1. The molecule has 112 valence electrons. The summed E-state index contributed by atoms with van der Waals surface area (Å²) >= 11 is 6.08. The summed E-state index contributed by atoms with van der Waals surface area (Å²) in [6.07, 6.45) is 1.72. The fourth-order valence-corrected chi connectivity index (χ4v) is 2.23. The summed E-state index contributed by atoms with van der Waals surface area (Å²) in [7, 11) is 5.55. The van der Waals surface area contributed by atoms with E-state index in [2.05, 4.69) is 15.4 Å². The van der Waals surface area contributed by atoms with Gasteiger partial charge in [-0.3, -0.25) is 9.48 Å². The van der Waals surface area contributed by atoms with Crippen LogP contribution in [0.25, 0.3) is 0 Å². The van der Waals surface area contributed by atoms with E-state index in [9.17, 15) is 4.79 Å². The van der Waals surface area contributed by atoms with Crippen molar-refractivity contribution in [3.05, 3.63) is 40.3 Å². The number of nitrogens with one attached hydrogen (secondary N) is 1. The van der Waals surface area contributed by atoms with Gasteiger partial charge in [0.15, 0.2) is 0 Å². The van der Waals surface area contributed by atoms with Gasteiger partial charge in [0.05, 0.1) is 11.3 Å². The predicted molar refractivity (Wildman–Crippen MR) is 82.7 cm³/mol. The molecule has 0 aliphatic carbocycles. The van der Waals surface area contributed by atoms with Crippen molar-refractivity contribution in [3.63, 3.8) is 0 Å². The number of pyridine rings is 1. The molecule has 2 aromatic heterocycles. The summed E-state index contributed by atoms with van der Waals surface area (Å²) in [5, 5.41) is 7.33. The van der Waals surface area contributed by atoms with Gasteiger partial charge in [-0.1, -0.05) is 11.6 Å². The second-order valence-corrected chi connectivity index (χ2v) is 5.33. The predicted octanol–water partition coefficient (Wildman–Crippen LogP) is 1.77. The molecule has 2 rings (SSSR count). The molecule has 0 saturated heterocycles. The quantitative estimate of drug-likeness (QED) is 0.935. The number of anilines is 1. The van der Waals surface area contributed by atoms with Crippen LogP contribution in [0.2, 0.25) is 5.15 Å². The van der Waals surface area contributed by atoms with Gasteiger partial charge in [-0.05, 0) is 24.6 Å². The highest BCUT2D eigenvalue weighted by Gasteiger charge is 2.18. The van der Waals surface area contributed by atoms with Gasteiger partial charge >= 0.3 is 0 Å². The van der Waals surface area contributed by atoms with Crippen LogP contribution in [0.15, 0.2) is 18.3 Å². The zero-order chi connectivity index (χ0) is 15.6. The van der Waals surface area contributed by atoms with Gasteiger partial charge in [-0.2, -0.15) is 5.10 Å². The molecule has 0 aromatic carbocycles. The maximum Gasteiger partial charge on any atom is 0.256 e. The molecule has 0 spiro atoms. The summed E-state index contributed by atoms with van der Waals surface area (Å²) in [5.74, 6) is 0.617. The molecule has 2 heterocycles. The molecule has 0 radical (unpaired) electrons. The summed E-state index contributed by atoms with van der Waals surface area (Å²) in [4.78, 5) is 18.4. The van der Waals surface area contributed by atoms with Crippen molar-refractivity contribution in [1.29, 1.82) is 0 Å². The number of hydrogen-bond acceptors (Lipinski definition) is 4. The van der Waals surface area contributed by atoms with Crippen LogP contribution in [0.5, 0.6) is 0 Å². The Morgan fingerprint density at radius 2 is 2.19 bits per heavy atom. The van der Waals surface area contributed by atoms with Gasteiger partial charge in [-0.15, -0.1) is 0 Å². The highest BCUT2D eigenvalue weighted by molar-refractivity contribution is 6.33. The van der Waals surface area contributed by atoms with Crippen LogP contribution >= 0.6 is 11.6 Å². The average molecular weight is 308 g/mol. The molecular formula is C14H18ClN5O. The average Bonchev–Trinajstić information content (AvgIpc) is 2.70. The van der Waals surface area contributed by atoms with Crippen LogP contribution < -0.4 is 10.2 Å². The first-order chi connectivity index (χ1) is 9.90. The second-order valence-electron chi connectivity index (χ2n) is 4.97. The van der Waals surface area contributed by atoms with Crippen molar-refractivity contribution in [1.82, 2.24) is 20.1 Å². The van der Waals surface area contributed by atoms with Crippen LogP contribution in [0.3, 0.4) is 0 Å². The molecule has 0 atom stereocenters. The number of nitrogens with zero attached hydrogens (tertiary/aromatic N) is 4. The molecular weight excluding hydrogens is 290 g/mol. The first-order valence-electron chi connectivity index (χ1n) is 6.49. The van der Waals surface area contributed by atoms with E-state index >= 15 is 0 Å². The van der Waals surface area contributed by atoms with E-state index in [4.69, 9.17) is 11.6 Å². The Hall–Kier alpha value is -2.08. The van der Waals surface area contributed by atoms with Crippen LogP contribution in [-0.2, 0) is 13.6 Å². The fourth-order valence-electron chi connectivity index (χ4n) is 1.97. The minimum atomic E-state index is -0.228. The number of halogens is 1. The van der Waals surface area contributed by atoms with Crippen LogP contribution in [0.4, 0.5) is 5.82 Å². The summed E-state index contributed by atoms with van der Waals surface area (Å²) < 4.78 is 1.49. The maximum atomic E-state index is 12.2. The number of aryl methyl sites for hydroxylation is 2. The third-order valence-corrected chi connectivity index (χ3v) is 3.53. The number of carbonyl (C=O) groups is 1. The number of rotatable bonds is 4. The lowest BCUT2D eigenvalue weighted by molar-refractivity contribution is 0.0950. The van der Waals surface area contributed by atoms with Gasteiger partial charge in [-0.25, -0.2) is 4.98 Å². The zero-order valence-electron chi connectivity index (χ0n) is 12.5. The molecule has 1 amide bonds. The van der Waals surface area contributed by atoms with Gasteiger partial charge in [0, 0.05) is 33.9 Å². The minimum absolute atomic E-state index is 0.228. The molecule has 7 heteroatoms. The zero-order valence-corrected chi connectivity index (χ0v) is 13.3. The van der Waals surface area contributed by atoms with Gasteiger partial charge < -0.3 is 10.2 Å². The monoisotopic (exact) mass is 307 g/mol. The van der Waals surface area contributed by atoms with Crippen LogP contribution in [0.1, 0.15) is 21.6 Å². The summed E-state index contributed by atoms with van der Waals surface area (Å²) in [6, 6.07) is 3.79. The normalized spacial score (nSPS) is 10.5. The Labute approximate surface area is 128 Å². The van der Waals surface area contributed by atoms with E-state index in [1.54, 1.807) is 20.2 Å². The number of amides is 1. The van der Waals surface area contributed by atoms with E-state index in [1.807, 2.05) is 31.1 Å². The third kappa shape index (κ3) is 3.33. The van der Waals surface area contributed by atoms with E-state index in [0.717, 1.165) is 11.4 Å². The van der Waals surface area contributed by atoms with Crippen molar-refractivity contribution in [2.24, 2.45) is 7.05 Å². The molecule has 0 saturated carbocycles. The lowest BCUT2D eigenvalue weighted by Gasteiger charge is -2.12. The Balaban J connectivity index is 2.09. The standard InChI is InChI=1S/C14H18ClN5O/c1-9-12(13(15)20(4)18-9)14(21)17-8-10-5-6-16-11(7-10)19(2)3/h5-7H,8H2,1-4H3,(H,17,21). The molecule has 6 nitrogen and oxygen atoms in total. The minimum Gasteiger partial charge on any atom is -0.363 e. The molecule has 0 fully saturated rings. The second kappa shape index (κ2) is 6.13. The van der Waals surface area contributed by atoms with Crippen LogP contribution in [-0.4, -0.2) is 34.8 Å². The summed E-state index contributed by atoms with van der Waals surface area (Å²) in [5.41, 5.74) is 2.00. The van der Waals surface area contributed by atoms with Crippen molar-refractivity contribution >= 4 is 23.3 Å². The largest absolute Gasteiger partial charge is 0.363 e. The molecule has 2 aromatic rings. The molecule has 21 heavy (non-hydrogen) atoms.